The Kier molecular flexibility index (Phi) is 6.55. The van der Waals surface area contributed by atoms with E-state index >= 15 is 0 Å². The number of rotatable bonds is 5. The molecule has 11 aromatic rings. The van der Waals surface area contributed by atoms with Crippen molar-refractivity contribution in [1.29, 1.82) is 0 Å². The van der Waals surface area contributed by atoms with E-state index in [-0.39, 0.29) is 0 Å². The minimum Gasteiger partial charge on any atom is -0.456 e. The van der Waals surface area contributed by atoms with Crippen molar-refractivity contribution in [3.8, 4) is 22.3 Å². The Morgan fingerprint density at radius 3 is 1.75 bits per heavy atom. The third kappa shape index (κ3) is 4.75. The van der Waals surface area contributed by atoms with Gasteiger partial charge < -0.3 is 13.7 Å². The molecule has 0 amide bonds. The minimum atomic E-state index is 0.848. The molecule has 3 heteroatoms. The van der Waals surface area contributed by atoms with Gasteiger partial charge in [0.1, 0.15) is 16.7 Å². The summed E-state index contributed by atoms with van der Waals surface area (Å²) in [4.78, 5) is 2.31. The highest BCUT2D eigenvalue weighted by Gasteiger charge is 2.21. The fourth-order valence-corrected chi connectivity index (χ4v) is 8.15. The van der Waals surface area contributed by atoms with E-state index in [1.165, 1.54) is 32.8 Å². The first-order valence-corrected chi connectivity index (χ1v) is 18.0. The van der Waals surface area contributed by atoms with Crippen LogP contribution < -0.4 is 4.90 Å². The quantitative estimate of drug-likeness (QED) is 0.182. The lowest BCUT2D eigenvalue weighted by molar-refractivity contribution is 0.669. The molecule has 248 valence electrons. The van der Waals surface area contributed by atoms with Crippen molar-refractivity contribution in [1.82, 2.24) is 0 Å². The molecule has 0 radical (unpaired) electrons. The third-order valence-electron chi connectivity index (χ3n) is 10.6. The summed E-state index contributed by atoms with van der Waals surface area (Å²) in [6.07, 6.45) is 0. The predicted octanol–water partition coefficient (Wildman–Crippen LogP) is 14.6. The lowest BCUT2D eigenvalue weighted by atomic mass is 9.91. The van der Waals surface area contributed by atoms with Gasteiger partial charge in [0.05, 0.1) is 5.69 Å². The summed E-state index contributed by atoms with van der Waals surface area (Å²) >= 11 is 0. The van der Waals surface area contributed by atoms with Crippen LogP contribution in [0.1, 0.15) is 0 Å². The Balaban J connectivity index is 1.12. The van der Waals surface area contributed by atoms with E-state index in [1.807, 2.05) is 12.1 Å². The maximum atomic E-state index is 6.79. The van der Waals surface area contributed by atoms with Gasteiger partial charge in [0, 0.05) is 32.9 Å². The minimum absolute atomic E-state index is 0.848. The van der Waals surface area contributed by atoms with Crippen LogP contribution in [0.5, 0.6) is 0 Å². The largest absolute Gasteiger partial charge is 0.456 e. The standard InChI is InChI=1S/C50H31NO2/c1-2-11-32(12-3-1)39-18-8-15-34-16-9-19-40(49(34)39)33-23-25-37(26-24-33)51(38-27-28-47-44(31-38)41-17-6-7-22-46(41)52-47)45-21-10-20-42-43-29-35-13-4-5-14-36(35)30-48(43)53-50(42)45/h1-31H. The number of furan rings is 2. The zero-order chi connectivity index (χ0) is 34.9. The van der Waals surface area contributed by atoms with Crippen molar-refractivity contribution in [2.45, 2.75) is 0 Å². The van der Waals surface area contributed by atoms with Gasteiger partial charge in [0.15, 0.2) is 5.58 Å². The topological polar surface area (TPSA) is 29.5 Å². The molecule has 11 rings (SSSR count). The number of anilines is 3. The first-order valence-electron chi connectivity index (χ1n) is 18.0. The lowest BCUT2D eigenvalue weighted by Gasteiger charge is -2.26. The van der Waals surface area contributed by atoms with Gasteiger partial charge in [-0.25, -0.2) is 0 Å². The van der Waals surface area contributed by atoms with Crippen LogP contribution in [0.4, 0.5) is 17.1 Å². The van der Waals surface area contributed by atoms with Gasteiger partial charge in [-0.05, 0) is 98.4 Å². The molecule has 0 aliphatic rings. The molecule has 3 nitrogen and oxygen atoms in total. The van der Waals surface area contributed by atoms with Crippen molar-refractivity contribution < 1.29 is 8.83 Å². The molecule has 0 saturated heterocycles. The highest BCUT2D eigenvalue weighted by molar-refractivity contribution is 6.14. The molecule has 0 saturated carbocycles. The molecular weight excluding hydrogens is 647 g/mol. The van der Waals surface area contributed by atoms with Crippen molar-refractivity contribution in [3.05, 3.63) is 188 Å². The lowest BCUT2D eigenvalue weighted by Crippen LogP contribution is -2.10. The molecule has 0 N–H and O–H groups in total. The Morgan fingerprint density at radius 1 is 0.340 bits per heavy atom. The smallest absolute Gasteiger partial charge is 0.159 e. The van der Waals surface area contributed by atoms with E-state index < -0.39 is 0 Å². The van der Waals surface area contributed by atoms with Crippen molar-refractivity contribution in [3.63, 3.8) is 0 Å². The number of fused-ring (bicyclic) bond motifs is 8. The molecular formula is C50H31NO2. The molecule has 0 unspecified atom stereocenters. The Bertz CT molecular complexity index is 3160. The second-order valence-electron chi connectivity index (χ2n) is 13.7. The molecule has 0 fully saturated rings. The van der Waals surface area contributed by atoms with Crippen LogP contribution >= 0.6 is 0 Å². The first kappa shape index (κ1) is 29.6. The van der Waals surface area contributed by atoms with Gasteiger partial charge in [0.25, 0.3) is 0 Å². The summed E-state index contributed by atoms with van der Waals surface area (Å²) < 4.78 is 13.0. The second kappa shape index (κ2) is 11.7. The van der Waals surface area contributed by atoms with E-state index in [4.69, 9.17) is 8.83 Å². The number of hydrogen-bond donors (Lipinski definition) is 0. The van der Waals surface area contributed by atoms with E-state index in [2.05, 4.69) is 181 Å². The highest BCUT2D eigenvalue weighted by atomic mass is 16.3. The van der Waals surface area contributed by atoms with E-state index in [0.717, 1.165) is 71.9 Å². The molecule has 0 aliphatic heterocycles. The Labute approximate surface area is 305 Å². The van der Waals surface area contributed by atoms with Gasteiger partial charge >= 0.3 is 0 Å². The number of para-hydroxylation sites is 2. The Morgan fingerprint density at radius 2 is 0.943 bits per heavy atom. The van der Waals surface area contributed by atoms with Crippen LogP contribution in [0.2, 0.25) is 0 Å². The average Bonchev–Trinajstić information content (AvgIpc) is 3.78. The average molecular weight is 678 g/mol. The summed E-state index contributed by atoms with van der Waals surface area (Å²) in [5, 5.41) is 9.20. The van der Waals surface area contributed by atoms with Gasteiger partial charge in [-0.1, -0.05) is 133 Å². The summed E-state index contributed by atoms with van der Waals surface area (Å²) in [5.41, 5.74) is 11.3. The van der Waals surface area contributed by atoms with Crippen molar-refractivity contribution in [2.24, 2.45) is 0 Å². The molecule has 2 heterocycles. The van der Waals surface area contributed by atoms with Crippen LogP contribution in [0.15, 0.2) is 197 Å². The zero-order valence-electron chi connectivity index (χ0n) is 28.7. The van der Waals surface area contributed by atoms with Gasteiger partial charge in [0.2, 0.25) is 0 Å². The van der Waals surface area contributed by atoms with Gasteiger partial charge in [-0.15, -0.1) is 0 Å². The maximum absolute atomic E-state index is 6.79. The highest BCUT2D eigenvalue weighted by Crippen LogP contribution is 2.45. The molecule has 53 heavy (non-hydrogen) atoms. The fourth-order valence-electron chi connectivity index (χ4n) is 8.15. The molecule has 2 aromatic heterocycles. The predicted molar refractivity (Wildman–Crippen MR) is 222 cm³/mol. The summed E-state index contributed by atoms with van der Waals surface area (Å²) in [6.45, 7) is 0. The molecule has 0 aliphatic carbocycles. The monoisotopic (exact) mass is 677 g/mol. The van der Waals surface area contributed by atoms with E-state index in [1.54, 1.807) is 0 Å². The number of nitrogens with zero attached hydrogens (tertiary/aromatic N) is 1. The van der Waals surface area contributed by atoms with Crippen LogP contribution in [-0.4, -0.2) is 0 Å². The fraction of sp³-hybridized carbons (Fsp3) is 0. The molecule has 0 atom stereocenters. The molecule has 9 aromatic carbocycles. The zero-order valence-corrected chi connectivity index (χ0v) is 28.7. The van der Waals surface area contributed by atoms with Gasteiger partial charge in [-0.3, -0.25) is 0 Å². The van der Waals surface area contributed by atoms with Crippen LogP contribution in [0.3, 0.4) is 0 Å². The molecule has 0 spiro atoms. The Hall–Kier alpha value is -7.10. The van der Waals surface area contributed by atoms with E-state index in [9.17, 15) is 0 Å². The van der Waals surface area contributed by atoms with E-state index in [0.29, 0.717) is 0 Å². The summed E-state index contributed by atoms with van der Waals surface area (Å²) in [5.74, 6) is 0. The summed E-state index contributed by atoms with van der Waals surface area (Å²) in [7, 11) is 0. The molecule has 0 bridgehead atoms. The summed E-state index contributed by atoms with van der Waals surface area (Å²) in [6, 6.07) is 66.8. The number of benzene rings is 9. The first-order chi connectivity index (χ1) is 26.3. The van der Waals surface area contributed by atoms with Gasteiger partial charge in [-0.2, -0.15) is 0 Å². The normalized spacial score (nSPS) is 11.8. The van der Waals surface area contributed by atoms with Crippen LogP contribution in [0.25, 0.3) is 87.7 Å². The number of hydrogen-bond acceptors (Lipinski definition) is 3. The SMILES string of the molecule is c1ccc(-c2cccc3cccc(-c4ccc(N(c5ccc6oc7ccccc7c6c5)c5cccc6c5oc5cc7ccccc7cc56)cc4)c23)cc1. The second-order valence-corrected chi connectivity index (χ2v) is 13.7. The van der Waals surface area contributed by atoms with Crippen LogP contribution in [-0.2, 0) is 0 Å². The van der Waals surface area contributed by atoms with Crippen molar-refractivity contribution in [2.75, 3.05) is 4.90 Å². The third-order valence-corrected chi connectivity index (χ3v) is 10.6. The van der Waals surface area contributed by atoms with Crippen LogP contribution in [0, 0.1) is 0 Å². The maximum Gasteiger partial charge on any atom is 0.159 e. The van der Waals surface area contributed by atoms with Crippen molar-refractivity contribution >= 4 is 82.5 Å².